The number of aromatic nitrogens is 1. The lowest BCUT2D eigenvalue weighted by atomic mass is 10.1. The van der Waals surface area contributed by atoms with E-state index in [2.05, 4.69) is 27.7 Å². The molecule has 1 fully saturated rings. The Bertz CT molecular complexity index is 888. The minimum absolute atomic E-state index is 0.167. The molecule has 28 heavy (non-hydrogen) atoms. The Balaban J connectivity index is 1.42. The summed E-state index contributed by atoms with van der Waals surface area (Å²) in [7, 11) is 0. The van der Waals surface area contributed by atoms with Gasteiger partial charge in [0.2, 0.25) is 0 Å². The molecule has 3 aromatic rings. The van der Waals surface area contributed by atoms with Crippen LogP contribution in [0.2, 0.25) is 0 Å². The maximum atomic E-state index is 14.0. The van der Waals surface area contributed by atoms with Crippen molar-refractivity contribution in [3.63, 3.8) is 0 Å². The molecule has 1 aromatic heterocycles. The second-order valence-electron chi connectivity index (χ2n) is 7.72. The average molecular weight is 378 g/mol. The molecule has 0 radical (unpaired) electrons. The third kappa shape index (κ3) is 4.89. The van der Waals surface area contributed by atoms with E-state index in [0.29, 0.717) is 31.1 Å². The zero-order valence-corrected chi connectivity index (χ0v) is 16.0. The molecule has 146 valence electrons. The summed E-state index contributed by atoms with van der Waals surface area (Å²) in [6.07, 6.45) is 4.66. The molecule has 1 N–H and O–H groups in total. The number of hydrogen-bond donors (Lipinski definition) is 1. The fourth-order valence-electron chi connectivity index (χ4n) is 3.77. The minimum Gasteiger partial charge on any atom is -0.391 e. The fourth-order valence-corrected chi connectivity index (χ4v) is 3.77. The third-order valence-corrected chi connectivity index (χ3v) is 5.41. The van der Waals surface area contributed by atoms with Crippen LogP contribution in [0.4, 0.5) is 4.39 Å². The lowest BCUT2D eigenvalue weighted by Crippen LogP contribution is -2.35. The van der Waals surface area contributed by atoms with Gasteiger partial charge in [-0.2, -0.15) is 0 Å². The highest BCUT2D eigenvalue weighted by Gasteiger charge is 2.30. The number of aliphatic hydroxyl groups is 1. The van der Waals surface area contributed by atoms with Crippen LogP contribution in [-0.4, -0.2) is 33.3 Å². The molecule has 4 heteroatoms. The van der Waals surface area contributed by atoms with E-state index >= 15 is 0 Å². The van der Waals surface area contributed by atoms with Gasteiger partial charge in [-0.1, -0.05) is 48.5 Å². The second-order valence-corrected chi connectivity index (χ2v) is 7.72. The molecule has 1 aliphatic rings. The third-order valence-electron chi connectivity index (χ3n) is 5.41. The Morgan fingerprint density at radius 3 is 2.50 bits per heavy atom. The van der Waals surface area contributed by atoms with Gasteiger partial charge < -0.3 is 9.67 Å². The van der Waals surface area contributed by atoms with Crippen molar-refractivity contribution in [1.29, 1.82) is 0 Å². The van der Waals surface area contributed by atoms with Crippen LogP contribution in [0.25, 0.3) is 0 Å². The zero-order valence-electron chi connectivity index (χ0n) is 16.0. The van der Waals surface area contributed by atoms with E-state index in [0.717, 1.165) is 17.8 Å². The van der Waals surface area contributed by atoms with Crippen molar-refractivity contribution < 1.29 is 9.50 Å². The first-order chi connectivity index (χ1) is 13.7. The highest BCUT2D eigenvalue weighted by Crippen LogP contribution is 2.29. The van der Waals surface area contributed by atoms with Gasteiger partial charge in [-0.15, -0.1) is 0 Å². The first-order valence-electron chi connectivity index (χ1n) is 10.0. The summed E-state index contributed by atoms with van der Waals surface area (Å²) >= 11 is 0. The number of aliphatic hydroxyl groups excluding tert-OH is 1. The topological polar surface area (TPSA) is 28.4 Å². The summed E-state index contributed by atoms with van der Waals surface area (Å²) in [4.78, 5) is 2.38. The molecule has 1 saturated carbocycles. The molecule has 0 amide bonds. The molecule has 0 bridgehead atoms. The Labute approximate surface area is 166 Å². The van der Waals surface area contributed by atoms with E-state index in [-0.39, 0.29) is 5.82 Å². The Kier molecular flexibility index (Phi) is 5.89. The van der Waals surface area contributed by atoms with Gasteiger partial charge in [0, 0.05) is 36.6 Å². The highest BCUT2D eigenvalue weighted by atomic mass is 19.1. The van der Waals surface area contributed by atoms with Crippen molar-refractivity contribution in [2.75, 3.05) is 6.54 Å². The molecule has 0 aliphatic heterocycles. The lowest BCUT2D eigenvalue weighted by Gasteiger charge is -2.26. The summed E-state index contributed by atoms with van der Waals surface area (Å²) in [5, 5.41) is 10.6. The van der Waals surface area contributed by atoms with Gasteiger partial charge in [-0.05, 0) is 43.0 Å². The Morgan fingerprint density at radius 2 is 1.75 bits per heavy atom. The smallest absolute Gasteiger partial charge is 0.128 e. The molecule has 2 aromatic carbocycles. The van der Waals surface area contributed by atoms with E-state index in [1.807, 2.05) is 42.6 Å². The molecule has 3 nitrogen and oxygen atoms in total. The largest absolute Gasteiger partial charge is 0.391 e. The molecule has 1 atom stereocenters. The van der Waals surface area contributed by atoms with Crippen molar-refractivity contribution in [1.82, 2.24) is 9.47 Å². The molecule has 0 spiro atoms. The number of rotatable bonds is 9. The van der Waals surface area contributed by atoms with Crippen LogP contribution in [-0.2, 0) is 19.5 Å². The monoisotopic (exact) mass is 378 g/mol. The number of hydrogen-bond acceptors (Lipinski definition) is 2. The van der Waals surface area contributed by atoms with Gasteiger partial charge in [0.25, 0.3) is 0 Å². The van der Waals surface area contributed by atoms with Crippen molar-refractivity contribution in [3.05, 3.63) is 95.6 Å². The predicted molar refractivity (Wildman–Crippen MR) is 110 cm³/mol. The molecular weight excluding hydrogens is 351 g/mol. The summed E-state index contributed by atoms with van der Waals surface area (Å²) < 4.78 is 16.1. The van der Waals surface area contributed by atoms with Crippen LogP contribution < -0.4 is 0 Å². The van der Waals surface area contributed by atoms with Crippen molar-refractivity contribution in [2.24, 2.45) is 0 Å². The normalized spacial score (nSPS) is 15.1. The van der Waals surface area contributed by atoms with E-state index < -0.39 is 6.10 Å². The summed E-state index contributed by atoms with van der Waals surface area (Å²) in [6, 6.07) is 21.7. The van der Waals surface area contributed by atoms with E-state index in [1.54, 1.807) is 6.07 Å². The first-order valence-corrected chi connectivity index (χ1v) is 10.0. The van der Waals surface area contributed by atoms with E-state index in [9.17, 15) is 9.50 Å². The Hall–Kier alpha value is -2.43. The van der Waals surface area contributed by atoms with Gasteiger partial charge in [0.15, 0.2) is 0 Å². The molecule has 1 unspecified atom stereocenters. The number of halogens is 1. The van der Waals surface area contributed by atoms with Gasteiger partial charge in [0.1, 0.15) is 5.82 Å². The van der Waals surface area contributed by atoms with Gasteiger partial charge >= 0.3 is 0 Å². The molecular formula is C24H27FN2O. The van der Waals surface area contributed by atoms with Gasteiger partial charge in [-0.3, -0.25) is 4.90 Å². The zero-order chi connectivity index (χ0) is 19.3. The number of benzene rings is 2. The van der Waals surface area contributed by atoms with Crippen LogP contribution in [0, 0.1) is 5.82 Å². The van der Waals surface area contributed by atoms with Gasteiger partial charge in [0.05, 0.1) is 12.6 Å². The Morgan fingerprint density at radius 1 is 1.00 bits per heavy atom. The van der Waals surface area contributed by atoms with Crippen LogP contribution >= 0.6 is 0 Å². The van der Waals surface area contributed by atoms with Gasteiger partial charge in [-0.25, -0.2) is 4.39 Å². The summed E-state index contributed by atoms with van der Waals surface area (Å²) in [6.45, 7) is 1.96. The molecule has 1 heterocycles. The number of nitrogens with zero attached hydrogens (tertiary/aromatic N) is 2. The van der Waals surface area contributed by atoms with Crippen LogP contribution in [0.5, 0.6) is 0 Å². The van der Waals surface area contributed by atoms with Crippen LogP contribution in [0.1, 0.15) is 29.7 Å². The first kappa shape index (κ1) is 18.9. The highest BCUT2D eigenvalue weighted by molar-refractivity contribution is 5.20. The maximum Gasteiger partial charge on any atom is 0.128 e. The summed E-state index contributed by atoms with van der Waals surface area (Å²) in [5.41, 5.74) is 3.01. The molecule has 0 saturated heterocycles. The van der Waals surface area contributed by atoms with Crippen molar-refractivity contribution in [2.45, 2.75) is 44.5 Å². The quantitative estimate of drug-likeness (QED) is 0.603. The van der Waals surface area contributed by atoms with Crippen molar-refractivity contribution >= 4 is 0 Å². The lowest BCUT2D eigenvalue weighted by molar-refractivity contribution is 0.103. The predicted octanol–water partition coefficient (Wildman–Crippen LogP) is 4.24. The van der Waals surface area contributed by atoms with Crippen molar-refractivity contribution in [3.8, 4) is 0 Å². The average Bonchev–Trinajstić information content (AvgIpc) is 3.46. The standard InChI is InChI=1S/C24H27FN2O/c25-24-11-5-4-9-20(24)16-26-14-6-10-22(26)17-27(21-12-13-21)18-23(28)15-19-7-2-1-3-8-19/h1-11,14,21,23,28H,12-13,15-18H2. The second kappa shape index (κ2) is 8.72. The minimum atomic E-state index is -0.391. The molecule has 4 rings (SSSR count). The van der Waals surface area contributed by atoms with Crippen LogP contribution in [0.15, 0.2) is 72.9 Å². The summed E-state index contributed by atoms with van der Waals surface area (Å²) in [5.74, 6) is -0.167. The maximum absolute atomic E-state index is 14.0. The SMILES string of the molecule is OC(Cc1ccccc1)CN(Cc1cccn1Cc1ccccc1F)C1CC1. The van der Waals surface area contributed by atoms with E-state index in [4.69, 9.17) is 0 Å². The van der Waals surface area contributed by atoms with E-state index in [1.165, 1.54) is 18.9 Å². The van der Waals surface area contributed by atoms with Crippen LogP contribution in [0.3, 0.4) is 0 Å². The molecule has 1 aliphatic carbocycles. The fraction of sp³-hybridized carbons (Fsp3) is 0.333.